The summed E-state index contributed by atoms with van der Waals surface area (Å²) < 4.78 is 16.2. The molecule has 10 heteroatoms. The molecule has 236 valence electrons. The maximum Gasteiger partial charge on any atom is 0.410 e. The maximum atomic E-state index is 12.4. The molecule has 1 N–H and O–H groups in total. The van der Waals surface area contributed by atoms with Crippen LogP contribution >= 0.6 is 0 Å². The van der Waals surface area contributed by atoms with Gasteiger partial charge in [-0.25, -0.2) is 14.4 Å². The number of nitrogens with one attached hydrogen (secondary N) is 1. The molecule has 2 heterocycles. The van der Waals surface area contributed by atoms with Crippen molar-refractivity contribution >= 4 is 18.3 Å². The van der Waals surface area contributed by atoms with Gasteiger partial charge in [0.1, 0.15) is 18.8 Å². The van der Waals surface area contributed by atoms with E-state index in [1.54, 1.807) is 14.7 Å². The first-order valence-corrected chi connectivity index (χ1v) is 15.0. The first kappa shape index (κ1) is 33.7. The summed E-state index contributed by atoms with van der Waals surface area (Å²) in [5.74, 6) is 0. The van der Waals surface area contributed by atoms with E-state index in [4.69, 9.17) is 14.2 Å². The summed E-state index contributed by atoms with van der Waals surface area (Å²) in [6.45, 7) is 16.4. The maximum absolute atomic E-state index is 12.4. The third kappa shape index (κ3) is 11.1. The molecule has 4 atom stereocenters. The zero-order valence-corrected chi connectivity index (χ0v) is 26.6. The van der Waals surface area contributed by atoms with Crippen LogP contribution in [0.4, 0.5) is 14.4 Å². The number of hydrogen-bond donors (Lipinski definition) is 1. The van der Waals surface area contributed by atoms with E-state index < -0.39 is 5.60 Å². The Morgan fingerprint density at radius 3 is 1.47 bits per heavy atom. The molecule has 2 aliphatic rings. The number of amides is 3. The van der Waals surface area contributed by atoms with Crippen LogP contribution in [-0.2, 0) is 27.4 Å². The first-order chi connectivity index (χ1) is 20.3. The summed E-state index contributed by atoms with van der Waals surface area (Å²) in [7, 11) is 0. The van der Waals surface area contributed by atoms with Gasteiger partial charge >= 0.3 is 18.3 Å². The molecule has 43 heavy (non-hydrogen) atoms. The number of hydrogen-bond acceptors (Lipinski definition) is 7. The quantitative estimate of drug-likeness (QED) is 0.455. The van der Waals surface area contributed by atoms with E-state index in [2.05, 4.69) is 19.2 Å². The van der Waals surface area contributed by atoms with E-state index in [-0.39, 0.29) is 37.0 Å². The van der Waals surface area contributed by atoms with E-state index in [0.29, 0.717) is 44.9 Å². The summed E-state index contributed by atoms with van der Waals surface area (Å²) in [4.78, 5) is 41.8. The van der Waals surface area contributed by atoms with Gasteiger partial charge in [0.05, 0.1) is 12.1 Å². The van der Waals surface area contributed by atoms with Gasteiger partial charge in [-0.1, -0.05) is 60.7 Å². The normalized spacial score (nSPS) is 22.2. The highest BCUT2D eigenvalue weighted by molar-refractivity contribution is 5.71. The minimum Gasteiger partial charge on any atom is -0.445 e. The second kappa shape index (κ2) is 15.6. The molecule has 3 amide bonds. The number of carbonyl (C=O) groups excluding carboxylic acids is 3. The molecule has 10 nitrogen and oxygen atoms in total. The van der Waals surface area contributed by atoms with Crippen molar-refractivity contribution in [2.45, 2.75) is 91.4 Å². The first-order valence-electron chi connectivity index (χ1n) is 15.0. The lowest BCUT2D eigenvalue weighted by molar-refractivity contribution is -0.0160. The SMILES string of the molecule is C[C@@H]1CN(C(=O)OCc2ccccc2)C[C@H](C)N1.C[C@@H]1CN(C(=O)OCc2ccccc2)C[C@H](C)N1C(=O)OC(C)(C)C. The third-order valence-corrected chi connectivity index (χ3v) is 7.01. The highest BCUT2D eigenvalue weighted by Gasteiger charge is 2.37. The second-order valence-electron chi connectivity index (χ2n) is 12.4. The molecule has 0 saturated carbocycles. The number of ether oxygens (including phenoxy) is 3. The van der Waals surface area contributed by atoms with E-state index in [1.165, 1.54) is 0 Å². The topological polar surface area (TPSA) is 101 Å². The second-order valence-corrected chi connectivity index (χ2v) is 12.4. The lowest BCUT2D eigenvalue weighted by atomic mass is 10.1. The van der Waals surface area contributed by atoms with E-state index in [9.17, 15) is 14.4 Å². The fourth-order valence-electron chi connectivity index (χ4n) is 5.24. The molecular formula is C33H48N4O6. The van der Waals surface area contributed by atoms with Gasteiger partial charge in [-0.15, -0.1) is 0 Å². The van der Waals surface area contributed by atoms with Gasteiger partial charge in [0.2, 0.25) is 0 Å². The van der Waals surface area contributed by atoms with Crippen molar-refractivity contribution in [2.75, 3.05) is 26.2 Å². The number of rotatable bonds is 4. The Bertz CT molecular complexity index is 1150. The summed E-state index contributed by atoms with van der Waals surface area (Å²) in [6, 6.07) is 19.7. The minimum atomic E-state index is -0.539. The Kier molecular flexibility index (Phi) is 12.2. The van der Waals surface area contributed by atoms with Crippen molar-refractivity contribution in [3.8, 4) is 0 Å². The van der Waals surface area contributed by atoms with Gasteiger partial charge in [-0.05, 0) is 59.6 Å². The molecule has 2 aromatic carbocycles. The molecule has 0 unspecified atom stereocenters. The van der Waals surface area contributed by atoms with Gasteiger partial charge < -0.3 is 29.3 Å². The van der Waals surface area contributed by atoms with Crippen LogP contribution in [0, 0.1) is 0 Å². The fraction of sp³-hybridized carbons (Fsp3) is 0.545. The molecule has 0 bridgehead atoms. The Balaban J connectivity index is 0.000000248. The summed E-state index contributed by atoms with van der Waals surface area (Å²) >= 11 is 0. The molecule has 0 radical (unpaired) electrons. The fourth-order valence-corrected chi connectivity index (χ4v) is 5.24. The number of benzene rings is 2. The molecule has 2 aliphatic heterocycles. The van der Waals surface area contributed by atoms with Crippen LogP contribution in [0.25, 0.3) is 0 Å². The van der Waals surface area contributed by atoms with Gasteiger partial charge in [0.15, 0.2) is 0 Å². The van der Waals surface area contributed by atoms with Crippen LogP contribution in [0.3, 0.4) is 0 Å². The predicted molar refractivity (Wildman–Crippen MR) is 165 cm³/mol. The minimum absolute atomic E-state index is 0.136. The number of carbonyl (C=O) groups is 3. The van der Waals surface area contributed by atoms with Gasteiger partial charge in [-0.3, -0.25) is 4.90 Å². The molecule has 0 aliphatic carbocycles. The molecular weight excluding hydrogens is 548 g/mol. The van der Waals surface area contributed by atoms with Crippen LogP contribution in [0.5, 0.6) is 0 Å². The van der Waals surface area contributed by atoms with Gasteiger partial charge in [0.25, 0.3) is 0 Å². The largest absolute Gasteiger partial charge is 0.445 e. The smallest absolute Gasteiger partial charge is 0.410 e. The molecule has 2 aromatic rings. The van der Waals surface area contributed by atoms with Crippen LogP contribution in [0.15, 0.2) is 60.7 Å². The summed E-state index contributed by atoms with van der Waals surface area (Å²) in [5.41, 5.74) is 1.42. The summed E-state index contributed by atoms with van der Waals surface area (Å²) in [6.07, 6.45) is -0.921. The highest BCUT2D eigenvalue weighted by Crippen LogP contribution is 2.21. The van der Waals surface area contributed by atoms with Crippen molar-refractivity contribution < 1.29 is 28.6 Å². The number of nitrogens with zero attached hydrogens (tertiary/aromatic N) is 3. The van der Waals surface area contributed by atoms with Gasteiger partial charge in [0, 0.05) is 38.3 Å². The third-order valence-electron chi connectivity index (χ3n) is 7.01. The van der Waals surface area contributed by atoms with Crippen LogP contribution in [0.2, 0.25) is 0 Å². The lowest BCUT2D eigenvalue weighted by Crippen LogP contribution is -2.60. The zero-order valence-electron chi connectivity index (χ0n) is 26.6. The molecule has 2 saturated heterocycles. The van der Waals surface area contributed by atoms with E-state index in [0.717, 1.165) is 11.1 Å². The van der Waals surface area contributed by atoms with E-state index >= 15 is 0 Å². The van der Waals surface area contributed by atoms with Crippen molar-refractivity contribution in [1.82, 2.24) is 20.0 Å². The molecule has 2 fully saturated rings. The standard InChI is InChI=1S/C19H28N2O4.C14H20N2O2/c1-14-11-20(17(22)24-13-16-9-7-6-8-10-16)12-15(2)21(14)18(23)25-19(3,4)5;1-11-8-16(9-12(2)15-11)14(17)18-10-13-6-4-3-5-7-13/h6-10,14-15H,11-13H2,1-5H3;3-7,11-12,15H,8-10H2,1-2H3/t14-,15+;11-,12+. The van der Waals surface area contributed by atoms with Crippen LogP contribution in [0.1, 0.15) is 59.6 Å². The predicted octanol–water partition coefficient (Wildman–Crippen LogP) is 5.66. The molecule has 0 aromatic heterocycles. The van der Waals surface area contributed by atoms with Crippen molar-refractivity contribution in [1.29, 1.82) is 0 Å². The van der Waals surface area contributed by atoms with Crippen molar-refractivity contribution in [2.24, 2.45) is 0 Å². The lowest BCUT2D eigenvalue weighted by Gasteiger charge is -2.43. The molecule has 0 spiro atoms. The van der Waals surface area contributed by atoms with Crippen LogP contribution in [-0.4, -0.2) is 88.9 Å². The summed E-state index contributed by atoms with van der Waals surface area (Å²) in [5, 5.41) is 3.39. The Hall–Kier alpha value is -3.79. The Labute approximate surface area is 256 Å². The monoisotopic (exact) mass is 596 g/mol. The Morgan fingerprint density at radius 2 is 1.07 bits per heavy atom. The Morgan fingerprint density at radius 1 is 0.674 bits per heavy atom. The average Bonchev–Trinajstić information content (AvgIpc) is 2.94. The van der Waals surface area contributed by atoms with Crippen molar-refractivity contribution in [3.05, 3.63) is 71.8 Å². The van der Waals surface area contributed by atoms with Gasteiger partial charge in [-0.2, -0.15) is 0 Å². The molecule has 4 rings (SSSR count). The zero-order chi connectivity index (χ0) is 31.6. The van der Waals surface area contributed by atoms with Crippen molar-refractivity contribution in [3.63, 3.8) is 0 Å². The van der Waals surface area contributed by atoms with Crippen LogP contribution < -0.4 is 5.32 Å². The number of piperazine rings is 2. The highest BCUT2D eigenvalue weighted by atomic mass is 16.6. The average molecular weight is 597 g/mol. The van der Waals surface area contributed by atoms with E-state index in [1.807, 2.05) is 95.3 Å².